The van der Waals surface area contributed by atoms with Gasteiger partial charge in [0, 0.05) is 18.5 Å². The van der Waals surface area contributed by atoms with Crippen molar-refractivity contribution in [3.8, 4) is 17.1 Å². The van der Waals surface area contributed by atoms with E-state index in [2.05, 4.69) is 30.0 Å². The molecule has 0 atom stereocenters. The molecule has 0 aliphatic carbocycles. The first-order valence-corrected chi connectivity index (χ1v) is 11.3. The summed E-state index contributed by atoms with van der Waals surface area (Å²) in [5.74, 6) is 0.277. The molecule has 0 radical (unpaired) electrons. The van der Waals surface area contributed by atoms with Crippen molar-refractivity contribution >= 4 is 22.5 Å². The highest BCUT2D eigenvalue weighted by molar-refractivity contribution is 5.90. The van der Waals surface area contributed by atoms with Crippen molar-refractivity contribution < 1.29 is 35.8 Å². The van der Waals surface area contributed by atoms with E-state index in [0.717, 1.165) is 18.2 Å². The maximum Gasteiger partial charge on any atom is 0.573 e. The lowest BCUT2D eigenvalue weighted by Gasteiger charge is -2.14. The number of anilines is 2. The van der Waals surface area contributed by atoms with Gasteiger partial charge in [0.1, 0.15) is 23.9 Å². The second-order valence-corrected chi connectivity index (χ2v) is 8.56. The Balaban J connectivity index is 1.73. The summed E-state index contributed by atoms with van der Waals surface area (Å²) in [6, 6.07) is 9.93. The standard InChI is InChI=1S/C25H21F6N5O2/c1-14(2)12-37-13-20-35-22(33-15-5-7-16(8-6-15)38-25(29,30)31)17-9-10-19(34-23(17)36-20)21-18(24(26,27)28)4-3-11-32-21/h3-11,14H,12-13H2,1-2H3,(H,33,34,35,36). The molecule has 0 bridgehead atoms. The van der Waals surface area contributed by atoms with Crippen molar-refractivity contribution in [2.24, 2.45) is 5.92 Å². The van der Waals surface area contributed by atoms with Gasteiger partial charge >= 0.3 is 12.5 Å². The Kier molecular flexibility index (Phi) is 7.67. The van der Waals surface area contributed by atoms with E-state index in [-0.39, 0.29) is 41.2 Å². The number of hydrogen-bond acceptors (Lipinski definition) is 7. The Morgan fingerprint density at radius 1 is 0.895 bits per heavy atom. The molecule has 0 unspecified atom stereocenters. The molecule has 3 aromatic heterocycles. The van der Waals surface area contributed by atoms with Crippen molar-refractivity contribution in [3.05, 3.63) is 66.1 Å². The number of nitrogens with zero attached hydrogens (tertiary/aromatic N) is 4. The van der Waals surface area contributed by atoms with Gasteiger partial charge in [-0.3, -0.25) is 4.98 Å². The van der Waals surface area contributed by atoms with Gasteiger partial charge in [0.15, 0.2) is 11.5 Å². The molecule has 3 heterocycles. The van der Waals surface area contributed by atoms with Crippen LogP contribution in [0.4, 0.5) is 37.8 Å². The summed E-state index contributed by atoms with van der Waals surface area (Å²) in [5.41, 5.74) is -0.882. The predicted octanol–water partition coefficient (Wildman–Crippen LogP) is 6.92. The highest BCUT2D eigenvalue weighted by Gasteiger charge is 2.35. The molecule has 0 spiro atoms. The number of nitrogens with one attached hydrogen (secondary N) is 1. The lowest BCUT2D eigenvalue weighted by atomic mass is 10.1. The third-order valence-electron chi connectivity index (χ3n) is 4.99. The molecule has 4 aromatic rings. The topological polar surface area (TPSA) is 82.0 Å². The van der Waals surface area contributed by atoms with Gasteiger partial charge < -0.3 is 14.8 Å². The largest absolute Gasteiger partial charge is 0.573 e. The zero-order valence-corrected chi connectivity index (χ0v) is 20.1. The Hall–Kier alpha value is -4.00. The minimum Gasteiger partial charge on any atom is -0.406 e. The molecule has 0 fully saturated rings. The lowest BCUT2D eigenvalue weighted by Crippen LogP contribution is -2.17. The number of fused-ring (bicyclic) bond motifs is 1. The minimum absolute atomic E-state index is 0.00442. The van der Waals surface area contributed by atoms with Crippen LogP contribution in [0.5, 0.6) is 5.75 Å². The predicted molar refractivity (Wildman–Crippen MR) is 126 cm³/mol. The first-order valence-electron chi connectivity index (χ1n) is 11.3. The Morgan fingerprint density at radius 3 is 2.29 bits per heavy atom. The quantitative estimate of drug-likeness (QED) is 0.244. The Bertz CT molecular complexity index is 1410. The van der Waals surface area contributed by atoms with Crippen LogP contribution in [0, 0.1) is 5.92 Å². The van der Waals surface area contributed by atoms with E-state index in [1.807, 2.05) is 13.8 Å². The number of hydrogen-bond donors (Lipinski definition) is 1. The van der Waals surface area contributed by atoms with Crippen LogP contribution in [0.3, 0.4) is 0 Å². The average molecular weight is 537 g/mol. The highest BCUT2D eigenvalue weighted by atomic mass is 19.4. The number of ether oxygens (including phenoxy) is 2. The molecule has 0 saturated carbocycles. The lowest BCUT2D eigenvalue weighted by molar-refractivity contribution is -0.274. The summed E-state index contributed by atoms with van der Waals surface area (Å²) in [7, 11) is 0. The molecule has 4 rings (SSSR count). The maximum atomic E-state index is 13.6. The number of pyridine rings is 2. The summed E-state index contributed by atoms with van der Waals surface area (Å²) in [5, 5.41) is 3.35. The van der Waals surface area contributed by atoms with Gasteiger partial charge in [-0.2, -0.15) is 13.2 Å². The van der Waals surface area contributed by atoms with E-state index in [9.17, 15) is 26.3 Å². The van der Waals surface area contributed by atoms with Gasteiger partial charge in [-0.15, -0.1) is 13.2 Å². The van der Waals surface area contributed by atoms with E-state index < -0.39 is 23.9 Å². The van der Waals surface area contributed by atoms with Gasteiger partial charge in [-0.1, -0.05) is 13.8 Å². The number of alkyl halides is 6. The van der Waals surface area contributed by atoms with Crippen LogP contribution in [0.15, 0.2) is 54.7 Å². The summed E-state index contributed by atoms with van der Waals surface area (Å²) >= 11 is 0. The number of aromatic nitrogens is 4. The molecule has 0 saturated heterocycles. The summed E-state index contributed by atoms with van der Waals surface area (Å²) < 4.78 is 87.5. The first-order chi connectivity index (χ1) is 17.9. The van der Waals surface area contributed by atoms with E-state index in [0.29, 0.717) is 17.7 Å². The van der Waals surface area contributed by atoms with Crippen molar-refractivity contribution in [1.82, 2.24) is 19.9 Å². The zero-order chi connectivity index (χ0) is 27.5. The van der Waals surface area contributed by atoms with Gasteiger partial charge in [-0.05, 0) is 54.4 Å². The van der Waals surface area contributed by atoms with Crippen molar-refractivity contribution in [2.75, 3.05) is 11.9 Å². The number of benzene rings is 1. The molecule has 1 aromatic carbocycles. The SMILES string of the molecule is CC(C)COCc1nc(Nc2ccc(OC(F)(F)F)cc2)c2ccc(-c3ncccc3C(F)(F)F)nc2n1. The van der Waals surface area contributed by atoms with Gasteiger partial charge in [0.25, 0.3) is 0 Å². The van der Waals surface area contributed by atoms with E-state index >= 15 is 0 Å². The monoisotopic (exact) mass is 537 g/mol. The third-order valence-corrected chi connectivity index (χ3v) is 4.99. The average Bonchev–Trinajstić information content (AvgIpc) is 2.83. The van der Waals surface area contributed by atoms with Crippen molar-refractivity contribution in [2.45, 2.75) is 33.0 Å². The first kappa shape index (κ1) is 27.0. The fourth-order valence-electron chi connectivity index (χ4n) is 3.45. The number of halogens is 6. The normalized spacial score (nSPS) is 12.2. The van der Waals surface area contributed by atoms with E-state index in [1.165, 1.54) is 36.5 Å². The van der Waals surface area contributed by atoms with Crippen molar-refractivity contribution in [3.63, 3.8) is 0 Å². The second-order valence-electron chi connectivity index (χ2n) is 8.56. The molecule has 7 nitrogen and oxygen atoms in total. The van der Waals surface area contributed by atoms with Crippen LogP contribution in [-0.4, -0.2) is 32.9 Å². The third kappa shape index (κ3) is 6.85. The van der Waals surface area contributed by atoms with Crippen LogP contribution < -0.4 is 10.1 Å². The van der Waals surface area contributed by atoms with Gasteiger partial charge in [-0.25, -0.2) is 15.0 Å². The van der Waals surface area contributed by atoms with Gasteiger partial charge in [0.05, 0.1) is 16.6 Å². The van der Waals surface area contributed by atoms with Crippen LogP contribution in [0.1, 0.15) is 25.2 Å². The van der Waals surface area contributed by atoms with Gasteiger partial charge in [0.2, 0.25) is 0 Å². The fraction of sp³-hybridized carbons (Fsp3) is 0.280. The Morgan fingerprint density at radius 2 is 1.63 bits per heavy atom. The van der Waals surface area contributed by atoms with Crippen LogP contribution in [0.25, 0.3) is 22.4 Å². The summed E-state index contributed by atoms with van der Waals surface area (Å²) in [4.78, 5) is 17.0. The molecule has 0 amide bonds. The molecular formula is C25H21F6N5O2. The molecular weight excluding hydrogens is 516 g/mol. The molecule has 200 valence electrons. The van der Waals surface area contributed by atoms with Crippen LogP contribution in [-0.2, 0) is 17.5 Å². The highest BCUT2D eigenvalue weighted by Crippen LogP contribution is 2.36. The molecule has 0 aliphatic rings. The zero-order valence-electron chi connectivity index (χ0n) is 20.1. The maximum absolute atomic E-state index is 13.6. The minimum atomic E-state index is -4.83. The van der Waals surface area contributed by atoms with Crippen LogP contribution >= 0.6 is 0 Å². The molecule has 0 aliphatic heterocycles. The number of rotatable bonds is 8. The van der Waals surface area contributed by atoms with Crippen LogP contribution in [0.2, 0.25) is 0 Å². The molecule has 13 heteroatoms. The summed E-state index contributed by atoms with van der Waals surface area (Å²) in [6.45, 7) is 4.34. The summed E-state index contributed by atoms with van der Waals surface area (Å²) in [6.07, 6.45) is -8.23. The van der Waals surface area contributed by atoms with E-state index in [4.69, 9.17) is 4.74 Å². The Labute approximate surface area is 212 Å². The molecule has 38 heavy (non-hydrogen) atoms. The molecule has 1 N–H and O–H groups in total. The second kappa shape index (κ2) is 10.8. The van der Waals surface area contributed by atoms with E-state index in [1.54, 1.807) is 0 Å². The smallest absolute Gasteiger partial charge is 0.406 e. The fourth-order valence-corrected chi connectivity index (χ4v) is 3.45. The van der Waals surface area contributed by atoms with Crippen molar-refractivity contribution in [1.29, 1.82) is 0 Å².